The molecule has 0 amide bonds. The standard InChI is InChI=1S/C16H10N4OS/c21-15-10-3-1-2-9-4-5-11(14(9)10)19-20(15)16-18-12-8-17-7-6-13(12)22-16/h1-3,6-8H,4-5H2. The third-order valence-corrected chi connectivity index (χ3v) is 5.09. The van der Waals surface area contributed by atoms with Gasteiger partial charge in [0.05, 0.1) is 22.0 Å². The molecule has 0 saturated carbocycles. The Morgan fingerprint density at radius 3 is 3.05 bits per heavy atom. The second-order valence-corrected chi connectivity index (χ2v) is 6.35. The summed E-state index contributed by atoms with van der Waals surface area (Å²) in [5, 5.41) is 6.94. The first-order chi connectivity index (χ1) is 10.8. The molecule has 5 rings (SSSR count). The summed E-state index contributed by atoms with van der Waals surface area (Å²) in [5.74, 6) is 0. The topological polar surface area (TPSA) is 60.7 Å². The number of benzene rings is 1. The normalized spacial score (nSPS) is 13.3. The van der Waals surface area contributed by atoms with Crippen LogP contribution in [0, 0.1) is 0 Å². The van der Waals surface area contributed by atoms with Crippen molar-refractivity contribution in [3.05, 3.63) is 58.3 Å². The van der Waals surface area contributed by atoms with E-state index in [0.29, 0.717) is 5.13 Å². The average Bonchev–Trinajstić information content (AvgIpc) is 3.15. The molecule has 22 heavy (non-hydrogen) atoms. The van der Waals surface area contributed by atoms with Crippen LogP contribution in [0.15, 0.2) is 41.5 Å². The van der Waals surface area contributed by atoms with Crippen LogP contribution >= 0.6 is 11.3 Å². The zero-order chi connectivity index (χ0) is 14.7. The average molecular weight is 306 g/mol. The molecule has 0 spiro atoms. The van der Waals surface area contributed by atoms with Crippen LogP contribution < -0.4 is 5.56 Å². The lowest BCUT2D eigenvalue weighted by Crippen LogP contribution is -2.22. The number of pyridine rings is 1. The van der Waals surface area contributed by atoms with E-state index in [4.69, 9.17) is 0 Å². The minimum atomic E-state index is -0.102. The van der Waals surface area contributed by atoms with Crippen LogP contribution in [0.5, 0.6) is 0 Å². The van der Waals surface area contributed by atoms with Gasteiger partial charge < -0.3 is 0 Å². The van der Waals surface area contributed by atoms with Gasteiger partial charge in [-0.2, -0.15) is 9.78 Å². The van der Waals surface area contributed by atoms with Crippen LogP contribution in [0.3, 0.4) is 0 Å². The Labute approximate surface area is 128 Å². The molecular formula is C16H10N4OS. The minimum absolute atomic E-state index is 0.102. The van der Waals surface area contributed by atoms with Gasteiger partial charge in [0.1, 0.15) is 5.52 Å². The molecule has 1 aliphatic carbocycles. The van der Waals surface area contributed by atoms with Gasteiger partial charge in [-0.25, -0.2) is 4.98 Å². The van der Waals surface area contributed by atoms with Gasteiger partial charge in [0, 0.05) is 11.6 Å². The molecule has 3 aromatic heterocycles. The first-order valence-electron chi connectivity index (χ1n) is 7.06. The van der Waals surface area contributed by atoms with E-state index in [2.05, 4.69) is 21.1 Å². The summed E-state index contributed by atoms with van der Waals surface area (Å²) in [4.78, 5) is 21.4. The van der Waals surface area contributed by atoms with Crippen LogP contribution in [0.1, 0.15) is 11.3 Å². The number of hydrogen-bond acceptors (Lipinski definition) is 5. The van der Waals surface area contributed by atoms with E-state index in [1.165, 1.54) is 21.6 Å². The highest BCUT2D eigenvalue weighted by molar-refractivity contribution is 7.20. The molecule has 0 atom stereocenters. The van der Waals surface area contributed by atoms with Crippen LogP contribution in [0.4, 0.5) is 0 Å². The maximum Gasteiger partial charge on any atom is 0.281 e. The van der Waals surface area contributed by atoms with Crippen molar-refractivity contribution in [3.8, 4) is 5.13 Å². The molecule has 5 nitrogen and oxygen atoms in total. The van der Waals surface area contributed by atoms with Crippen molar-refractivity contribution in [2.75, 3.05) is 0 Å². The van der Waals surface area contributed by atoms with Crippen molar-refractivity contribution >= 4 is 32.3 Å². The smallest absolute Gasteiger partial charge is 0.267 e. The fourth-order valence-corrected chi connectivity index (χ4v) is 3.96. The summed E-state index contributed by atoms with van der Waals surface area (Å²) in [5.41, 5.74) is 2.90. The predicted octanol–water partition coefficient (Wildman–Crippen LogP) is 2.49. The van der Waals surface area contributed by atoms with Crippen LogP contribution in [-0.4, -0.2) is 19.7 Å². The summed E-state index contributed by atoms with van der Waals surface area (Å²) in [6.07, 6.45) is 5.26. The van der Waals surface area contributed by atoms with Crippen LogP contribution in [0.25, 0.3) is 26.1 Å². The Bertz CT molecular complexity index is 1080. The second kappa shape index (κ2) is 4.20. The Morgan fingerprint density at radius 1 is 1.18 bits per heavy atom. The van der Waals surface area contributed by atoms with E-state index in [1.807, 2.05) is 18.2 Å². The lowest BCUT2D eigenvalue weighted by Gasteiger charge is -2.05. The molecule has 6 heteroatoms. The number of fused-ring (bicyclic) bond motifs is 1. The second-order valence-electron chi connectivity index (χ2n) is 5.34. The Morgan fingerprint density at radius 2 is 2.14 bits per heavy atom. The van der Waals surface area contributed by atoms with Gasteiger partial charge in [0.2, 0.25) is 5.13 Å². The summed E-state index contributed by atoms with van der Waals surface area (Å²) in [6, 6.07) is 7.80. The van der Waals surface area contributed by atoms with Crippen molar-refractivity contribution < 1.29 is 0 Å². The van der Waals surface area contributed by atoms with Gasteiger partial charge in [0.25, 0.3) is 5.56 Å². The van der Waals surface area contributed by atoms with Crippen molar-refractivity contribution in [2.45, 2.75) is 12.8 Å². The van der Waals surface area contributed by atoms with Gasteiger partial charge in [-0.15, -0.1) is 0 Å². The fraction of sp³-hybridized carbons (Fsp3) is 0.125. The SMILES string of the molecule is O=c1c2cccc3c2c(nn1-c1nc2cnccc2s1)CC3. The van der Waals surface area contributed by atoms with Crippen molar-refractivity contribution in [3.63, 3.8) is 0 Å². The monoisotopic (exact) mass is 306 g/mol. The lowest BCUT2D eigenvalue weighted by atomic mass is 10.1. The quantitative estimate of drug-likeness (QED) is 0.542. The zero-order valence-corrected chi connectivity index (χ0v) is 12.3. The zero-order valence-electron chi connectivity index (χ0n) is 11.5. The third kappa shape index (κ3) is 1.52. The van der Waals surface area contributed by atoms with E-state index >= 15 is 0 Å². The van der Waals surface area contributed by atoms with E-state index < -0.39 is 0 Å². The van der Waals surface area contributed by atoms with Crippen LogP contribution in [0.2, 0.25) is 0 Å². The Kier molecular flexibility index (Phi) is 2.29. The van der Waals surface area contributed by atoms with E-state index in [9.17, 15) is 4.79 Å². The Hall–Kier alpha value is -2.60. The largest absolute Gasteiger partial charge is 0.281 e. The molecule has 4 aromatic rings. The lowest BCUT2D eigenvalue weighted by molar-refractivity contribution is 0.776. The number of aromatic nitrogens is 4. The maximum absolute atomic E-state index is 12.8. The summed E-state index contributed by atoms with van der Waals surface area (Å²) >= 11 is 1.46. The third-order valence-electron chi connectivity index (χ3n) is 4.07. The fourth-order valence-electron chi connectivity index (χ4n) is 3.07. The first-order valence-corrected chi connectivity index (χ1v) is 7.88. The molecule has 0 N–H and O–H groups in total. The molecule has 1 aliphatic rings. The molecule has 0 saturated heterocycles. The summed E-state index contributed by atoms with van der Waals surface area (Å²) in [6.45, 7) is 0. The number of nitrogens with zero attached hydrogens (tertiary/aromatic N) is 4. The van der Waals surface area contributed by atoms with Crippen molar-refractivity contribution in [1.82, 2.24) is 19.7 Å². The highest BCUT2D eigenvalue weighted by Gasteiger charge is 2.20. The molecule has 0 unspecified atom stereocenters. The van der Waals surface area contributed by atoms with Gasteiger partial charge in [-0.3, -0.25) is 9.78 Å². The van der Waals surface area contributed by atoms with Gasteiger partial charge >= 0.3 is 0 Å². The van der Waals surface area contributed by atoms with Gasteiger partial charge in [0.15, 0.2) is 0 Å². The molecule has 0 bridgehead atoms. The van der Waals surface area contributed by atoms with Crippen molar-refractivity contribution in [1.29, 1.82) is 0 Å². The molecule has 1 aromatic carbocycles. The molecule has 106 valence electrons. The Balaban J connectivity index is 1.86. The van der Waals surface area contributed by atoms with Crippen LogP contribution in [-0.2, 0) is 12.8 Å². The first kappa shape index (κ1) is 12.0. The molecule has 0 radical (unpaired) electrons. The van der Waals surface area contributed by atoms with Gasteiger partial charge in [-0.1, -0.05) is 23.5 Å². The van der Waals surface area contributed by atoms with E-state index in [-0.39, 0.29) is 5.56 Å². The number of aryl methyl sites for hydroxylation is 2. The van der Waals surface area contributed by atoms with E-state index in [0.717, 1.165) is 39.5 Å². The number of rotatable bonds is 1. The number of hydrogen-bond donors (Lipinski definition) is 0. The highest BCUT2D eigenvalue weighted by Crippen LogP contribution is 2.28. The van der Waals surface area contributed by atoms with Crippen molar-refractivity contribution in [2.24, 2.45) is 0 Å². The highest BCUT2D eigenvalue weighted by atomic mass is 32.1. The minimum Gasteiger partial charge on any atom is -0.267 e. The van der Waals surface area contributed by atoms with Gasteiger partial charge in [-0.05, 0) is 30.5 Å². The molecule has 0 fully saturated rings. The maximum atomic E-state index is 12.8. The molecule has 0 aliphatic heterocycles. The van der Waals surface area contributed by atoms with E-state index in [1.54, 1.807) is 12.4 Å². The molecule has 3 heterocycles. The predicted molar refractivity (Wildman–Crippen MR) is 85.7 cm³/mol. The number of thiazole rings is 1. The summed E-state index contributed by atoms with van der Waals surface area (Å²) in [7, 11) is 0. The molecular weight excluding hydrogens is 296 g/mol. The summed E-state index contributed by atoms with van der Waals surface area (Å²) < 4.78 is 2.45.